The number of fused-ring (bicyclic) bond motifs is 5. The maximum atomic E-state index is 11.7. The first-order valence-corrected chi connectivity index (χ1v) is 13.3. The summed E-state index contributed by atoms with van der Waals surface area (Å²) in [6.07, 6.45) is 13.8. The number of esters is 1. The van der Waals surface area contributed by atoms with Gasteiger partial charge in [0.25, 0.3) is 0 Å². The summed E-state index contributed by atoms with van der Waals surface area (Å²) >= 11 is 0. The molecule has 0 aromatic rings. The van der Waals surface area contributed by atoms with Gasteiger partial charge in [-0.1, -0.05) is 34.6 Å². The molecule has 0 unspecified atom stereocenters. The Morgan fingerprint density at radius 2 is 1.65 bits per heavy atom. The number of carbonyl (C=O) groups excluding carboxylic acids is 1. The second-order valence-electron chi connectivity index (χ2n) is 13.0. The number of hydrogen-bond acceptors (Lipinski definition) is 3. The van der Waals surface area contributed by atoms with Crippen molar-refractivity contribution in [2.75, 3.05) is 7.11 Å². The van der Waals surface area contributed by atoms with Crippen LogP contribution >= 0.6 is 0 Å². The maximum absolute atomic E-state index is 11.7. The molecule has 0 aromatic carbocycles. The Morgan fingerprint density at radius 3 is 2.32 bits per heavy atom. The van der Waals surface area contributed by atoms with Crippen LogP contribution in [0.25, 0.3) is 0 Å². The maximum Gasteiger partial charge on any atom is 0.305 e. The summed E-state index contributed by atoms with van der Waals surface area (Å²) in [6.45, 7) is 12.4. The molecular weight excluding hydrogens is 384 g/mol. The summed E-state index contributed by atoms with van der Waals surface area (Å²) < 4.78 is 4.91. The zero-order valence-electron chi connectivity index (χ0n) is 21.1. The van der Waals surface area contributed by atoms with Crippen molar-refractivity contribution in [3.05, 3.63) is 0 Å². The van der Waals surface area contributed by atoms with E-state index < -0.39 is 5.60 Å². The summed E-state index contributed by atoms with van der Waals surface area (Å²) in [5, 5.41) is 11.1. The molecule has 4 rings (SSSR count). The molecule has 0 amide bonds. The van der Waals surface area contributed by atoms with Gasteiger partial charge in [-0.2, -0.15) is 0 Å². The van der Waals surface area contributed by atoms with E-state index in [0.29, 0.717) is 34.5 Å². The molecule has 0 aromatic heterocycles. The third-order valence-corrected chi connectivity index (χ3v) is 11.9. The van der Waals surface area contributed by atoms with Gasteiger partial charge >= 0.3 is 5.97 Å². The van der Waals surface area contributed by atoms with Crippen molar-refractivity contribution < 1.29 is 14.6 Å². The Kier molecular flexibility index (Phi) is 6.11. The summed E-state index contributed by atoms with van der Waals surface area (Å²) in [7, 11) is 1.51. The van der Waals surface area contributed by atoms with E-state index in [0.717, 1.165) is 43.4 Å². The molecule has 4 fully saturated rings. The van der Waals surface area contributed by atoms with Crippen molar-refractivity contribution in [2.45, 2.75) is 117 Å². The lowest BCUT2D eigenvalue weighted by Crippen LogP contribution is -2.60. The molecule has 3 heteroatoms. The van der Waals surface area contributed by atoms with Crippen LogP contribution in [-0.4, -0.2) is 23.8 Å². The molecule has 0 aliphatic heterocycles. The van der Waals surface area contributed by atoms with Gasteiger partial charge in [-0.3, -0.25) is 4.79 Å². The molecule has 4 saturated carbocycles. The molecule has 0 heterocycles. The van der Waals surface area contributed by atoms with Gasteiger partial charge in [0.2, 0.25) is 0 Å². The van der Waals surface area contributed by atoms with E-state index in [4.69, 9.17) is 4.74 Å². The van der Waals surface area contributed by atoms with Gasteiger partial charge in [-0.25, -0.2) is 0 Å². The molecule has 0 bridgehead atoms. The summed E-state index contributed by atoms with van der Waals surface area (Å²) in [5.74, 6) is 3.59. The van der Waals surface area contributed by atoms with Gasteiger partial charge in [0.05, 0.1) is 12.7 Å². The molecule has 0 saturated heterocycles. The minimum atomic E-state index is -0.408. The Labute approximate surface area is 191 Å². The van der Waals surface area contributed by atoms with E-state index in [-0.39, 0.29) is 5.97 Å². The standard InChI is InChI=1S/C28H48O3/c1-7-28(30)17-16-25(3)20(18-28)12-14-27(5)22-10-9-21(19(2)8-11-24(29)31-6)26(22,4)15-13-23(25)27/h19-23,30H,7-18H2,1-6H3/t19-,20+,21-,22-,23-,25+,26-,27+,28+/m1/s1. The van der Waals surface area contributed by atoms with Crippen LogP contribution in [0.4, 0.5) is 0 Å². The second kappa shape index (κ2) is 8.03. The van der Waals surface area contributed by atoms with Crippen molar-refractivity contribution in [3.8, 4) is 0 Å². The summed E-state index contributed by atoms with van der Waals surface area (Å²) in [6, 6.07) is 0. The van der Waals surface area contributed by atoms with Gasteiger partial charge in [-0.15, -0.1) is 0 Å². The third kappa shape index (κ3) is 3.60. The fourth-order valence-electron chi connectivity index (χ4n) is 9.95. The first-order chi connectivity index (χ1) is 14.5. The zero-order chi connectivity index (χ0) is 22.7. The first kappa shape index (κ1) is 23.6. The van der Waals surface area contributed by atoms with Crippen LogP contribution in [0, 0.1) is 45.8 Å². The number of aliphatic hydroxyl groups is 1. The highest BCUT2D eigenvalue weighted by Crippen LogP contribution is 2.73. The van der Waals surface area contributed by atoms with Crippen LogP contribution < -0.4 is 0 Å². The fourth-order valence-corrected chi connectivity index (χ4v) is 9.95. The van der Waals surface area contributed by atoms with Gasteiger partial charge in [0.15, 0.2) is 0 Å². The molecule has 9 atom stereocenters. The normalized spacial score (nSPS) is 50.2. The van der Waals surface area contributed by atoms with Gasteiger partial charge < -0.3 is 9.84 Å². The number of carbonyl (C=O) groups is 1. The predicted molar refractivity (Wildman–Crippen MR) is 125 cm³/mol. The highest BCUT2D eigenvalue weighted by Gasteiger charge is 2.65. The number of methoxy groups -OCH3 is 1. The van der Waals surface area contributed by atoms with E-state index in [1.807, 2.05) is 0 Å². The molecule has 178 valence electrons. The Balaban J connectivity index is 1.54. The molecule has 3 nitrogen and oxygen atoms in total. The molecule has 0 spiro atoms. The SMILES string of the molecule is CC[C@]1(O)CC[C@@]2(C)[C@@H](CC[C@]3(C)[C@@H]2CC[C@@]2(C)[C@H]3CC[C@@H]2[C@H](C)CCC(=O)OC)C1. The van der Waals surface area contributed by atoms with Crippen molar-refractivity contribution in [1.29, 1.82) is 0 Å². The molecule has 31 heavy (non-hydrogen) atoms. The average Bonchev–Trinajstić information content (AvgIpc) is 3.11. The first-order valence-electron chi connectivity index (χ1n) is 13.3. The molecule has 4 aliphatic rings. The molecule has 4 aliphatic carbocycles. The van der Waals surface area contributed by atoms with Crippen LogP contribution in [0.2, 0.25) is 0 Å². The van der Waals surface area contributed by atoms with Crippen LogP contribution in [0.15, 0.2) is 0 Å². The number of ether oxygens (including phenoxy) is 1. The third-order valence-electron chi connectivity index (χ3n) is 11.9. The molecule has 0 radical (unpaired) electrons. The predicted octanol–water partition coefficient (Wildman–Crippen LogP) is 6.77. The van der Waals surface area contributed by atoms with Gasteiger partial charge in [0, 0.05) is 6.42 Å². The van der Waals surface area contributed by atoms with Crippen molar-refractivity contribution in [1.82, 2.24) is 0 Å². The minimum absolute atomic E-state index is 0.0576. The van der Waals surface area contributed by atoms with Gasteiger partial charge in [-0.05, 0) is 116 Å². The lowest BCUT2D eigenvalue weighted by Gasteiger charge is -2.67. The van der Waals surface area contributed by atoms with Gasteiger partial charge in [0.1, 0.15) is 0 Å². The van der Waals surface area contributed by atoms with Crippen molar-refractivity contribution >= 4 is 5.97 Å². The highest BCUT2D eigenvalue weighted by molar-refractivity contribution is 5.69. The van der Waals surface area contributed by atoms with E-state index in [9.17, 15) is 9.90 Å². The Hall–Kier alpha value is -0.570. The Bertz CT molecular complexity index is 690. The quantitative estimate of drug-likeness (QED) is 0.488. The van der Waals surface area contributed by atoms with E-state index >= 15 is 0 Å². The molecular formula is C28H48O3. The highest BCUT2D eigenvalue weighted by atomic mass is 16.5. The second-order valence-corrected chi connectivity index (χ2v) is 13.0. The van der Waals surface area contributed by atoms with Crippen LogP contribution in [0.1, 0.15) is 112 Å². The zero-order valence-corrected chi connectivity index (χ0v) is 21.1. The van der Waals surface area contributed by atoms with E-state index in [2.05, 4.69) is 34.6 Å². The summed E-state index contributed by atoms with van der Waals surface area (Å²) in [5.41, 5.74) is 0.860. The van der Waals surface area contributed by atoms with Crippen molar-refractivity contribution in [3.63, 3.8) is 0 Å². The van der Waals surface area contributed by atoms with E-state index in [1.165, 1.54) is 52.1 Å². The minimum Gasteiger partial charge on any atom is -0.469 e. The molecule has 1 N–H and O–H groups in total. The number of hydrogen-bond donors (Lipinski definition) is 1. The fraction of sp³-hybridized carbons (Fsp3) is 0.964. The average molecular weight is 433 g/mol. The van der Waals surface area contributed by atoms with Crippen molar-refractivity contribution in [2.24, 2.45) is 45.8 Å². The summed E-state index contributed by atoms with van der Waals surface area (Å²) in [4.78, 5) is 11.7. The topological polar surface area (TPSA) is 46.5 Å². The van der Waals surface area contributed by atoms with Crippen LogP contribution in [-0.2, 0) is 9.53 Å². The lowest BCUT2D eigenvalue weighted by atomic mass is 9.38. The monoisotopic (exact) mass is 432 g/mol. The smallest absolute Gasteiger partial charge is 0.305 e. The number of rotatable bonds is 5. The van der Waals surface area contributed by atoms with Crippen LogP contribution in [0.5, 0.6) is 0 Å². The van der Waals surface area contributed by atoms with E-state index in [1.54, 1.807) is 0 Å². The lowest BCUT2D eigenvalue weighted by molar-refractivity contribution is -0.190. The largest absolute Gasteiger partial charge is 0.469 e. The van der Waals surface area contributed by atoms with Crippen LogP contribution in [0.3, 0.4) is 0 Å². The Morgan fingerprint density at radius 1 is 0.968 bits per heavy atom.